The third kappa shape index (κ3) is 7.39. The molecule has 5 heterocycles. The van der Waals surface area contributed by atoms with Crippen LogP contribution in [0.2, 0.25) is 0 Å². The topological polar surface area (TPSA) is 217 Å². The standard InChI is InChI=1S/C42H38BrN11O6/c1-3-30-36-29(19-44)48-22-53(36)32-20-47-42(51-37(32)52(30)21-23-8-11-25(43)12-9-23)49-27-13-10-24(18-33(27)60-2)38(56)46-17-5-16-45-28-7-4-6-26-35(28)41(59)54(40(26)58)31-14-15-34(55)50-39(31)57/h4,6-13,18,20,22,30-31,45H,3,5,14-17,21H2,1-2H3,(H,46,56)(H,47,49,51)(H,50,55,57)/t30-,31?/m1/s1. The third-order valence-corrected chi connectivity index (χ3v) is 11.2. The van der Waals surface area contributed by atoms with Gasteiger partial charge >= 0.3 is 0 Å². The van der Waals surface area contributed by atoms with Crippen molar-refractivity contribution in [3.05, 3.63) is 111 Å². The highest BCUT2D eigenvalue weighted by Gasteiger charge is 2.45. The molecule has 0 aliphatic carbocycles. The average Bonchev–Trinajstić information content (AvgIpc) is 3.79. The molecule has 3 aliphatic rings. The number of carbonyl (C=O) groups is 5. The molecular formula is C42H38BrN11O6. The van der Waals surface area contributed by atoms with Crippen LogP contribution in [0.15, 0.2) is 77.7 Å². The van der Waals surface area contributed by atoms with Crippen LogP contribution in [0.5, 0.6) is 5.75 Å². The van der Waals surface area contributed by atoms with E-state index in [2.05, 4.69) is 65.1 Å². The summed E-state index contributed by atoms with van der Waals surface area (Å²) in [4.78, 5) is 80.9. The van der Waals surface area contributed by atoms with Crippen molar-refractivity contribution in [1.82, 2.24) is 35.1 Å². The fourth-order valence-corrected chi connectivity index (χ4v) is 8.04. The summed E-state index contributed by atoms with van der Waals surface area (Å²) >= 11 is 3.51. The molecule has 0 saturated carbocycles. The number of ether oxygens (including phenoxy) is 1. The number of fused-ring (bicyclic) bond motifs is 4. The smallest absolute Gasteiger partial charge is 0.264 e. The van der Waals surface area contributed by atoms with Crippen LogP contribution in [-0.4, -0.2) is 80.2 Å². The molecule has 18 heteroatoms. The molecule has 1 saturated heterocycles. The maximum atomic E-state index is 13.4. The largest absolute Gasteiger partial charge is 0.495 e. The van der Waals surface area contributed by atoms with Gasteiger partial charge in [0.25, 0.3) is 17.7 Å². The van der Waals surface area contributed by atoms with Gasteiger partial charge in [0, 0.05) is 41.8 Å². The summed E-state index contributed by atoms with van der Waals surface area (Å²) in [5, 5.41) is 21.4. The Morgan fingerprint density at radius 3 is 2.60 bits per heavy atom. The van der Waals surface area contributed by atoms with E-state index < -0.39 is 29.7 Å². The number of aromatic nitrogens is 4. The number of anilines is 4. The molecule has 60 heavy (non-hydrogen) atoms. The fourth-order valence-electron chi connectivity index (χ4n) is 7.78. The minimum absolute atomic E-state index is 0.0350. The maximum absolute atomic E-state index is 13.4. The molecule has 2 atom stereocenters. The number of piperidine rings is 1. The summed E-state index contributed by atoms with van der Waals surface area (Å²) in [5.74, 6) is -1.26. The van der Waals surface area contributed by atoms with Gasteiger partial charge in [-0.25, -0.2) is 9.97 Å². The van der Waals surface area contributed by atoms with E-state index in [0.717, 1.165) is 20.6 Å². The number of amides is 5. The van der Waals surface area contributed by atoms with Crippen LogP contribution in [-0.2, 0) is 16.1 Å². The van der Waals surface area contributed by atoms with E-state index >= 15 is 0 Å². The van der Waals surface area contributed by atoms with Crippen LogP contribution in [0.25, 0.3) is 5.69 Å². The van der Waals surface area contributed by atoms with Gasteiger partial charge in [-0.3, -0.25) is 38.8 Å². The first-order chi connectivity index (χ1) is 29.1. The molecule has 304 valence electrons. The molecule has 4 N–H and O–H groups in total. The SMILES string of the molecule is CC[C@@H]1c2c(C#N)ncn2-c2cnc(Nc3ccc(C(=O)NCCCNc4cccc5c4C(=O)N(C4CCC(=O)NC4=O)C5=O)cc3OC)nc2N1Cc1ccc(Br)cc1. The van der Waals surface area contributed by atoms with Gasteiger partial charge in [0.2, 0.25) is 17.8 Å². The molecule has 0 radical (unpaired) electrons. The number of hydrogen-bond donors (Lipinski definition) is 4. The van der Waals surface area contributed by atoms with Crippen molar-refractivity contribution in [2.24, 2.45) is 0 Å². The summed E-state index contributed by atoms with van der Waals surface area (Å²) in [6.07, 6.45) is 4.61. The Bertz CT molecular complexity index is 2610. The normalized spacial score (nSPS) is 16.7. The van der Waals surface area contributed by atoms with Crippen molar-refractivity contribution in [1.29, 1.82) is 5.26 Å². The molecule has 17 nitrogen and oxygen atoms in total. The van der Waals surface area contributed by atoms with Crippen LogP contribution in [0.3, 0.4) is 0 Å². The first-order valence-electron chi connectivity index (χ1n) is 19.3. The minimum Gasteiger partial charge on any atom is -0.495 e. The second-order valence-corrected chi connectivity index (χ2v) is 15.2. The number of imide groups is 2. The van der Waals surface area contributed by atoms with Gasteiger partial charge < -0.3 is 25.6 Å². The van der Waals surface area contributed by atoms with Crippen LogP contribution in [0, 0.1) is 11.3 Å². The maximum Gasteiger partial charge on any atom is 0.264 e. The number of rotatable bonds is 13. The monoisotopic (exact) mass is 871 g/mol. The predicted octanol–water partition coefficient (Wildman–Crippen LogP) is 5.15. The lowest BCUT2D eigenvalue weighted by atomic mass is 10.0. The lowest BCUT2D eigenvalue weighted by molar-refractivity contribution is -0.136. The van der Waals surface area contributed by atoms with E-state index in [1.807, 2.05) is 28.8 Å². The highest BCUT2D eigenvalue weighted by molar-refractivity contribution is 9.10. The number of benzene rings is 3. The van der Waals surface area contributed by atoms with E-state index in [9.17, 15) is 29.2 Å². The lowest BCUT2D eigenvalue weighted by Gasteiger charge is -2.38. The average molecular weight is 873 g/mol. The third-order valence-electron chi connectivity index (χ3n) is 10.7. The van der Waals surface area contributed by atoms with Gasteiger partial charge in [-0.1, -0.05) is 41.1 Å². The van der Waals surface area contributed by atoms with Gasteiger partial charge in [-0.15, -0.1) is 0 Å². The van der Waals surface area contributed by atoms with E-state index in [0.29, 0.717) is 78.3 Å². The van der Waals surface area contributed by atoms with Gasteiger partial charge in [-0.05, 0) is 67.3 Å². The summed E-state index contributed by atoms with van der Waals surface area (Å²) in [6, 6.07) is 18.9. The highest BCUT2D eigenvalue weighted by atomic mass is 79.9. The molecule has 0 bridgehead atoms. The quantitative estimate of drug-likeness (QED) is 0.0891. The van der Waals surface area contributed by atoms with E-state index in [1.54, 1.807) is 42.9 Å². The second kappa shape index (κ2) is 16.6. The Labute approximate surface area is 352 Å². The summed E-state index contributed by atoms with van der Waals surface area (Å²) in [6.45, 7) is 3.25. The van der Waals surface area contributed by atoms with Gasteiger partial charge in [-0.2, -0.15) is 10.2 Å². The summed E-state index contributed by atoms with van der Waals surface area (Å²) in [7, 11) is 1.50. The number of hydrogen-bond acceptors (Lipinski definition) is 13. The van der Waals surface area contributed by atoms with Gasteiger partial charge in [0.1, 0.15) is 29.9 Å². The number of nitrogens with one attached hydrogen (secondary N) is 4. The van der Waals surface area contributed by atoms with Crippen molar-refractivity contribution in [3.63, 3.8) is 0 Å². The molecule has 3 aliphatic heterocycles. The first-order valence-corrected chi connectivity index (χ1v) is 20.1. The lowest BCUT2D eigenvalue weighted by Crippen LogP contribution is -2.54. The van der Waals surface area contributed by atoms with Crippen LogP contribution in [0.1, 0.15) is 86.7 Å². The molecule has 1 unspecified atom stereocenters. The Morgan fingerprint density at radius 1 is 1.03 bits per heavy atom. The molecule has 2 aromatic heterocycles. The number of nitriles is 1. The predicted molar refractivity (Wildman–Crippen MR) is 222 cm³/mol. The molecule has 3 aromatic carbocycles. The van der Waals surface area contributed by atoms with Crippen molar-refractivity contribution >= 4 is 68.6 Å². The zero-order chi connectivity index (χ0) is 42.1. The molecule has 0 spiro atoms. The van der Waals surface area contributed by atoms with Crippen molar-refractivity contribution in [2.45, 2.75) is 51.2 Å². The number of halogens is 1. The number of methoxy groups -OCH3 is 1. The molecular weight excluding hydrogens is 834 g/mol. The highest BCUT2D eigenvalue weighted by Crippen LogP contribution is 2.42. The Morgan fingerprint density at radius 2 is 1.85 bits per heavy atom. The summed E-state index contributed by atoms with van der Waals surface area (Å²) < 4.78 is 8.52. The zero-order valence-corrected chi connectivity index (χ0v) is 34.1. The van der Waals surface area contributed by atoms with E-state index in [1.165, 1.54) is 13.2 Å². The van der Waals surface area contributed by atoms with Crippen molar-refractivity contribution in [2.75, 3.05) is 35.7 Å². The summed E-state index contributed by atoms with van der Waals surface area (Å²) in [5.41, 5.74) is 4.57. The van der Waals surface area contributed by atoms with Crippen LogP contribution >= 0.6 is 15.9 Å². The Balaban J connectivity index is 0.919. The van der Waals surface area contributed by atoms with Crippen LogP contribution < -0.4 is 30.9 Å². The molecule has 1 fully saturated rings. The zero-order valence-electron chi connectivity index (χ0n) is 32.5. The van der Waals surface area contributed by atoms with Crippen LogP contribution in [0.4, 0.5) is 23.1 Å². The number of imidazole rings is 1. The molecule has 5 amide bonds. The number of carbonyl (C=O) groups excluding carboxylic acids is 5. The second-order valence-electron chi connectivity index (χ2n) is 14.3. The van der Waals surface area contributed by atoms with Crippen molar-refractivity contribution in [3.8, 4) is 17.5 Å². The minimum atomic E-state index is -1.06. The van der Waals surface area contributed by atoms with E-state index in [-0.39, 0.29) is 35.9 Å². The Hall–Kier alpha value is -7.13. The molecule has 8 rings (SSSR count). The fraction of sp³-hybridized carbons (Fsp3) is 0.262. The first kappa shape index (κ1) is 39.7. The Kier molecular flexibility index (Phi) is 11.0. The van der Waals surface area contributed by atoms with Gasteiger partial charge in [0.15, 0.2) is 11.5 Å². The van der Waals surface area contributed by atoms with E-state index in [4.69, 9.17) is 9.72 Å². The number of nitrogens with zero attached hydrogens (tertiary/aromatic N) is 7. The van der Waals surface area contributed by atoms with Crippen molar-refractivity contribution < 1.29 is 28.7 Å². The molecule has 5 aromatic rings. The van der Waals surface area contributed by atoms with Gasteiger partial charge in [0.05, 0.1) is 41.9 Å².